The molecule has 0 radical (unpaired) electrons. The number of hydrogen-bond donors (Lipinski definition) is 1. The van der Waals surface area contributed by atoms with Crippen molar-refractivity contribution in [2.75, 3.05) is 40.4 Å². The number of hydrogen-bond acceptors (Lipinski definition) is 6. The van der Waals surface area contributed by atoms with E-state index in [9.17, 15) is 14.7 Å². The number of likely N-dealkylation sites (N-methyl/N-ethyl adjacent to an activating group) is 1. The molecular formula is C25H29ClN2O5. The predicted molar refractivity (Wildman–Crippen MR) is 128 cm³/mol. The summed E-state index contributed by atoms with van der Waals surface area (Å²) in [5.41, 5.74) is 1.03. The molecule has 2 aromatic carbocycles. The van der Waals surface area contributed by atoms with Gasteiger partial charge in [-0.1, -0.05) is 43.6 Å². The van der Waals surface area contributed by atoms with Crippen LogP contribution in [0.3, 0.4) is 0 Å². The van der Waals surface area contributed by atoms with Gasteiger partial charge < -0.3 is 24.4 Å². The summed E-state index contributed by atoms with van der Waals surface area (Å²) in [6.45, 7) is 6.66. The first-order valence-electron chi connectivity index (χ1n) is 10.8. The van der Waals surface area contributed by atoms with Gasteiger partial charge in [0.1, 0.15) is 5.76 Å². The summed E-state index contributed by atoms with van der Waals surface area (Å²) < 4.78 is 10.8. The Morgan fingerprint density at radius 3 is 2.36 bits per heavy atom. The maximum atomic E-state index is 13.1. The number of aliphatic hydroxyl groups is 1. The largest absolute Gasteiger partial charge is 0.507 e. The number of carbonyl (C=O) groups is 2. The lowest BCUT2D eigenvalue weighted by Crippen LogP contribution is -2.38. The predicted octanol–water partition coefficient (Wildman–Crippen LogP) is 4.12. The quantitative estimate of drug-likeness (QED) is 0.336. The van der Waals surface area contributed by atoms with Crippen LogP contribution < -0.4 is 9.47 Å². The zero-order valence-corrected chi connectivity index (χ0v) is 20.1. The van der Waals surface area contributed by atoms with Crippen LogP contribution in [0.25, 0.3) is 5.76 Å². The number of ether oxygens (including phenoxy) is 2. The fraction of sp³-hybridized carbons (Fsp3) is 0.360. The van der Waals surface area contributed by atoms with Crippen molar-refractivity contribution in [1.29, 1.82) is 0 Å². The number of likely N-dealkylation sites (tertiary alicyclic amines) is 1. The molecule has 0 saturated carbocycles. The molecule has 1 amide bonds. The molecule has 0 aliphatic carbocycles. The molecule has 1 N–H and O–H groups in total. The van der Waals surface area contributed by atoms with Gasteiger partial charge in [-0.2, -0.15) is 0 Å². The van der Waals surface area contributed by atoms with E-state index in [-0.39, 0.29) is 11.3 Å². The summed E-state index contributed by atoms with van der Waals surface area (Å²) in [5, 5.41) is 11.5. The third kappa shape index (κ3) is 4.99. The molecule has 176 valence electrons. The summed E-state index contributed by atoms with van der Waals surface area (Å²) in [5.74, 6) is -0.651. The number of benzene rings is 2. The van der Waals surface area contributed by atoms with Gasteiger partial charge in [-0.25, -0.2) is 0 Å². The van der Waals surface area contributed by atoms with Gasteiger partial charge in [-0.3, -0.25) is 9.59 Å². The first-order valence-corrected chi connectivity index (χ1v) is 11.2. The Bertz CT molecular complexity index is 1060. The lowest BCUT2D eigenvalue weighted by molar-refractivity contribution is -0.140. The van der Waals surface area contributed by atoms with E-state index < -0.39 is 17.7 Å². The molecule has 3 rings (SSSR count). The number of halogens is 1. The van der Waals surface area contributed by atoms with Crippen molar-refractivity contribution in [2.45, 2.75) is 19.9 Å². The number of amides is 1. The highest BCUT2D eigenvalue weighted by Crippen LogP contribution is 2.42. The fourth-order valence-corrected chi connectivity index (χ4v) is 4.25. The molecule has 8 heteroatoms. The minimum absolute atomic E-state index is 0.0223. The summed E-state index contributed by atoms with van der Waals surface area (Å²) >= 11 is 6.10. The minimum atomic E-state index is -0.778. The molecule has 2 aromatic rings. The van der Waals surface area contributed by atoms with Crippen molar-refractivity contribution in [3.63, 3.8) is 0 Å². The number of ketones is 1. The number of aliphatic hydroxyl groups excluding tert-OH is 1. The molecule has 1 fully saturated rings. The van der Waals surface area contributed by atoms with Gasteiger partial charge in [0.05, 0.1) is 25.8 Å². The fourth-order valence-electron chi connectivity index (χ4n) is 4.06. The van der Waals surface area contributed by atoms with E-state index in [0.717, 1.165) is 13.1 Å². The number of carbonyl (C=O) groups excluding carboxylic acids is 2. The SMILES string of the molecule is CCN(CC)CCN1C(=O)C(=O)/C(=C(\O)c2cccc(Cl)c2)C1c1ccc(OC)c(OC)c1. The average molecular weight is 473 g/mol. The Kier molecular flexibility index (Phi) is 8.00. The average Bonchev–Trinajstić information content (AvgIpc) is 3.08. The number of nitrogens with zero attached hydrogens (tertiary/aromatic N) is 2. The molecule has 0 bridgehead atoms. The van der Waals surface area contributed by atoms with E-state index in [4.69, 9.17) is 21.1 Å². The monoisotopic (exact) mass is 472 g/mol. The Hall–Kier alpha value is -3.03. The Labute approximate surface area is 199 Å². The van der Waals surface area contributed by atoms with E-state index >= 15 is 0 Å². The van der Waals surface area contributed by atoms with Crippen molar-refractivity contribution >= 4 is 29.1 Å². The number of rotatable bonds is 9. The summed E-state index contributed by atoms with van der Waals surface area (Å²) in [6, 6.07) is 11.0. The summed E-state index contributed by atoms with van der Waals surface area (Å²) in [4.78, 5) is 29.9. The Morgan fingerprint density at radius 1 is 1.06 bits per heavy atom. The van der Waals surface area contributed by atoms with Crippen molar-refractivity contribution in [3.05, 3.63) is 64.2 Å². The van der Waals surface area contributed by atoms with Crippen LogP contribution in [0.4, 0.5) is 0 Å². The van der Waals surface area contributed by atoms with Crippen molar-refractivity contribution < 1.29 is 24.2 Å². The second-order valence-electron chi connectivity index (χ2n) is 7.64. The molecular weight excluding hydrogens is 444 g/mol. The van der Waals surface area contributed by atoms with Crippen LogP contribution in [-0.2, 0) is 9.59 Å². The third-order valence-electron chi connectivity index (χ3n) is 5.91. The zero-order chi connectivity index (χ0) is 24.1. The van der Waals surface area contributed by atoms with Crippen LogP contribution in [0, 0.1) is 0 Å². The first kappa shape index (κ1) is 24.6. The molecule has 33 heavy (non-hydrogen) atoms. The Balaban J connectivity index is 2.15. The van der Waals surface area contributed by atoms with Crippen LogP contribution in [0.1, 0.15) is 31.0 Å². The molecule has 1 heterocycles. The van der Waals surface area contributed by atoms with Gasteiger partial charge in [0.15, 0.2) is 11.5 Å². The minimum Gasteiger partial charge on any atom is -0.507 e. The summed E-state index contributed by atoms with van der Waals surface area (Å²) in [6.07, 6.45) is 0. The second-order valence-corrected chi connectivity index (χ2v) is 8.08. The lowest BCUT2D eigenvalue weighted by atomic mass is 9.95. The van der Waals surface area contributed by atoms with Gasteiger partial charge in [-0.15, -0.1) is 0 Å². The van der Waals surface area contributed by atoms with Gasteiger partial charge in [0, 0.05) is 23.7 Å². The summed E-state index contributed by atoms with van der Waals surface area (Å²) in [7, 11) is 3.05. The lowest BCUT2D eigenvalue weighted by Gasteiger charge is -2.28. The zero-order valence-electron chi connectivity index (χ0n) is 19.3. The molecule has 1 saturated heterocycles. The van der Waals surface area contributed by atoms with Gasteiger partial charge in [-0.05, 0) is 42.9 Å². The highest BCUT2D eigenvalue weighted by Gasteiger charge is 2.46. The molecule has 7 nitrogen and oxygen atoms in total. The Morgan fingerprint density at radius 2 is 1.76 bits per heavy atom. The van der Waals surface area contributed by atoms with Crippen molar-refractivity contribution in [2.24, 2.45) is 0 Å². The normalized spacial score (nSPS) is 17.6. The smallest absolute Gasteiger partial charge is 0.295 e. The maximum Gasteiger partial charge on any atom is 0.295 e. The standard InChI is InChI=1S/C25H29ClN2O5/c1-5-27(6-2)12-13-28-22(16-10-11-19(32-3)20(15-16)33-4)21(24(30)25(28)31)23(29)17-8-7-9-18(26)14-17/h7-11,14-15,22,29H,5-6,12-13H2,1-4H3/b23-21-. The second kappa shape index (κ2) is 10.7. The van der Waals surface area contributed by atoms with Crippen LogP contribution in [0.2, 0.25) is 5.02 Å². The van der Waals surface area contributed by atoms with Gasteiger partial charge in [0.25, 0.3) is 11.7 Å². The molecule has 0 spiro atoms. The van der Waals surface area contributed by atoms with Crippen LogP contribution in [0.5, 0.6) is 11.5 Å². The van der Waals surface area contributed by atoms with E-state index in [1.54, 1.807) is 42.5 Å². The van der Waals surface area contributed by atoms with Crippen molar-refractivity contribution in [3.8, 4) is 11.5 Å². The van der Waals surface area contributed by atoms with E-state index in [0.29, 0.717) is 40.7 Å². The van der Waals surface area contributed by atoms with Gasteiger partial charge >= 0.3 is 0 Å². The molecule has 1 atom stereocenters. The number of Topliss-reactive ketones (excluding diaryl/α,β-unsaturated/α-hetero) is 1. The van der Waals surface area contributed by atoms with Crippen LogP contribution in [-0.4, -0.2) is 67.0 Å². The van der Waals surface area contributed by atoms with Crippen LogP contribution >= 0.6 is 11.6 Å². The highest BCUT2D eigenvalue weighted by atomic mass is 35.5. The van der Waals surface area contributed by atoms with Crippen molar-refractivity contribution in [1.82, 2.24) is 9.80 Å². The van der Waals surface area contributed by atoms with E-state index in [1.807, 2.05) is 13.8 Å². The molecule has 1 aliphatic rings. The third-order valence-corrected chi connectivity index (χ3v) is 6.15. The maximum absolute atomic E-state index is 13.1. The highest BCUT2D eigenvalue weighted by molar-refractivity contribution is 6.46. The first-order chi connectivity index (χ1) is 15.9. The number of methoxy groups -OCH3 is 2. The topological polar surface area (TPSA) is 79.3 Å². The van der Waals surface area contributed by atoms with Crippen LogP contribution in [0.15, 0.2) is 48.0 Å². The van der Waals surface area contributed by atoms with E-state index in [1.165, 1.54) is 19.1 Å². The van der Waals surface area contributed by atoms with Gasteiger partial charge in [0.2, 0.25) is 0 Å². The van der Waals surface area contributed by atoms with E-state index in [2.05, 4.69) is 4.90 Å². The molecule has 1 unspecified atom stereocenters. The molecule has 1 aliphatic heterocycles. The molecule has 0 aromatic heterocycles.